The van der Waals surface area contributed by atoms with E-state index in [1.807, 2.05) is 0 Å². The minimum absolute atomic E-state index is 0.0170. The molecule has 0 spiro atoms. The zero-order chi connectivity index (χ0) is 9.26. The van der Waals surface area contributed by atoms with Crippen molar-refractivity contribution in [2.75, 3.05) is 13.6 Å². The molecule has 0 bridgehead atoms. The first-order valence-corrected chi connectivity index (χ1v) is 4.57. The fourth-order valence-corrected chi connectivity index (χ4v) is 1.90. The van der Waals surface area contributed by atoms with Crippen molar-refractivity contribution in [3.05, 3.63) is 17.5 Å². The van der Waals surface area contributed by atoms with Crippen LogP contribution < -0.4 is 0 Å². The Hall–Kier alpha value is -0.870. The van der Waals surface area contributed by atoms with Crippen LogP contribution >= 0.6 is 0 Å². The van der Waals surface area contributed by atoms with Crippen LogP contribution in [0.1, 0.15) is 30.2 Å². The Morgan fingerprint density at radius 3 is 3.23 bits per heavy atom. The molecule has 1 aromatic heterocycles. The predicted octanol–water partition coefficient (Wildman–Crippen LogP) is 0.934. The first-order valence-electron chi connectivity index (χ1n) is 4.57. The third-order valence-corrected chi connectivity index (χ3v) is 2.67. The second-order valence-electron chi connectivity index (χ2n) is 3.51. The molecule has 1 aliphatic rings. The molecule has 0 amide bonds. The van der Waals surface area contributed by atoms with Crippen molar-refractivity contribution in [3.63, 3.8) is 0 Å². The van der Waals surface area contributed by atoms with Crippen molar-refractivity contribution in [1.82, 2.24) is 10.1 Å². The van der Waals surface area contributed by atoms with Crippen molar-refractivity contribution < 1.29 is 9.63 Å². The van der Waals surface area contributed by atoms with Crippen LogP contribution in [0.5, 0.6) is 0 Å². The Morgan fingerprint density at radius 2 is 2.62 bits per heavy atom. The molecule has 2 heterocycles. The topological polar surface area (TPSA) is 49.5 Å². The predicted molar refractivity (Wildman–Crippen MR) is 47.0 cm³/mol. The number of aliphatic hydroxyl groups is 1. The van der Waals surface area contributed by atoms with Crippen LogP contribution in [0.15, 0.2) is 10.7 Å². The lowest BCUT2D eigenvalue weighted by atomic mass is 10.1. The molecule has 4 nitrogen and oxygen atoms in total. The average molecular weight is 182 g/mol. The van der Waals surface area contributed by atoms with E-state index < -0.39 is 0 Å². The lowest BCUT2D eigenvalue weighted by Gasteiger charge is -2.16. The highest BCUT2D eigenvalue weighted by Crippen LogP contribution is 2.32. The van der Waals surface area contributed by atoms with Crippen molar-refractivity contribution >= 4 is 0 Å². The average Bonchev–Trinajstić information content (AvgIpc) is 2.71. The van der Waals surface area contributed by atoms with E-state index in [2.05, 4.69) is 17.1 Å². The van der Waals surface area contributed by atoms with Gasteiger partial charge in [0.1, 0.15) is 0 Å². The van der Waals surface area contributed by atoms with Gasteiger partial charge in [0, 0.05) is 5.56 Å². The van der Waals surface area contributed by atoms with Gasteiger partial charge in [-0.25, -0.2) is 0 Å². The summed E-state index contributed by atoms with van der Waals surface area (Å²) >= 11 is 0. The minimum atomic E-state index is 0.0170. The minimum Gasteiger partial charge on any atom is -0.391 e. The highest BCUT2D eigenvalue weighted by molar-refractivity contribution is 5.17. The summed E-state index contributed by atoms with van der Waals surface area (Å²) in [6.07, 6.45) is 3.88. The van der Waals surface area contributed by atoms with Crippen molar-refractivity contribution in [3.8, 4) is 0 Å². The largest absolute Gasteiger partial charge is 0.391 e. The van der Waals surface area contributed by atoms with E-state index in [1.165, 1.54) is 6.42 Å². The summed E-state index contributed by atoms with van der Waals surface area (Å²) in [5.41, 5.74) is 0.818. The molecule has 1 fully saturated rings. The number of aromatic nitrogens is 1. The number of nitrogens with zero attached hydrogens (tertiary/aromatic N) is 2. The Bertz CT molecular complexity index is 285. The van der Waals surface area contributed by atoms with Crippen LogP contribution in [0.2, 0.25) is 0 Å². The summed E-state index contributed by atoms with van der Waals surface area (Å²) in [6, 6.07) is 0.310. The maximum atomic E-state index is 9.04. The summed E-state index contributed by atoms with van der Waals surface area (Å²) < 4.78 is 5.16. The SMILES string of the molecule is CN1CCCC1c1oncc1CO. The fourth-order valence-electron chi connectivity index (χ4n) is 1.90. The molecule has 2 rings (SSSR count). The number of rotatable bonds is 2. The molecule has 1 N–H and O–H groups in total. The molecule has 4 heteroatoms. The molecular weight excluding hydrogens is 168 g/mol. The van der Waals surface area contributed by atoms with E-state index in [0.29, 0.717) is 6.04 Å². The van der Waals surface area contributed by atoms with Gasteiger partial charge in [-0.3, -0.25) is 4.90 Å². The summed E-state index contributed by atoms with van der Waals surface area (Å²) in [4.78, 5) is 2.24. The maximum absolute atomic E-state index is 9.04. The standard InChI is InChI=1S/C9H14N2O2/c1-11-4-2-3-8(11)9-7(6-12)5-10-13-9/h5,8,12H,2-4,6H2,1H3. The fraction of sp³-hybridized carbons (Fsp3) is 0.667. The molecule has 1 aliphatic heterocycles. The zero-order valence-corrected chi connectivity index (χ0v) is 7.73. The first kappa shape index (κ1) is 8.72. The molecule has 1 unspecified atom stereocenters. The molecule has 13 heavy (non-hydrogen) atoms. The molecule has 0 aromatic carbocycles. The summed E-state index contributed by atoms with van der Waals surface area (Å²) in [5.74, 6) is 0.836. The first-order chi connectivity index (χ1) is 6.33. The molecule has 0 radical (unpaired) electrons. The van der Waals surface area contributed by atoms with Gasteiger partial charge in [-0.05, 0) is 26.4 Å². The van der Waals surface area contributed by atoms with Gasteiger partial charge in [-0.1, -0.05) is 5.16 Å². The van der Waals surface area contributed by atoms with Crippen LogP contribution in [0.4, 0.5) is 0 Å². The highest BCUT2D eigenvalue weighted by Gasteiger charge is 2.27. The van der Waals surface area contributed by atoms with Gasteiger partial charge >= 0.3 is 0 Å². The van der Waals surface area contributed by atoms with Crippen molar-refractivity contribution in [2.24, 2.45) is 0 Å². The van der Waals surface area contributed by atoms with Gasteiger partial charge in [0.15, 0.2) is 5.76 Å². The van der Waals surface area contributed by atoms with Crippen LogP contribution in [-0.4, -0.2) is 28.8 Å². The normalized spacial score (nSPS) is 24.0. The Labute approximate surface area is 77.1 Å². The Morgan fingerprint density at radius 1 is 1.77 bits per heavy atom. The molecule has 0 saturated carbocycles. The lowest BCUT2D eigenvalue weighted by Crippen LogP contribution is -2.17. The van der Waals surface area contributed by atoms with E-state index in [0.717, 1.165) is 24.3 Å². The highest BCUT2D eigenvalue weighted by atomic mass is 16.5. The third-order valence-electron chi connectivity index (χ3n) is 2.67. The lowest BCUT2D eigenvalue weighted by molar-refractivity contribution is 0.236. The van der Waals surface area contributed by atoms with Gasteiger partial charge in [-0.15, -0.1) is 0 Å². The number of likely N-dealkylation sites (tertiary alicyclic amines) is 1. The van der Waals surface area contributed by atoms with E-state index in [1.54, 1.807) is 6.20 Å². The van der Waals surface area contributed by atoms with Crippen LogP contribution in [-0.2, 0) is 6.61 Å². The molecule has 72 valence electrons. The quantitative estimate of drug-likeness (QED) is 0.739. The van der Waals surface area contributed by atoms with Gasteiger partial charge in [0.2, 0.25) is 0 Å². The Kier molecular flexibility index (Phi) is 2.33. The van der Waals surface area contributed by atoms with E-state index in [4.69, 9.17) is 9.63 Å². The van der Waals surface area contributed by atoms with E-state index in [9.17, 15) is 0 Å². The van der Waals surface area contributed by atoms with Gasteiger partial charge in [0.25, 0.3) is 0 Å². The van der Waals surface area contributed by atoms with Crippen molar-refractivity contribution in [1.29, 1.82) is 0 Å². The molecule has 1 aromatic rings. The number of aliphatic hydroxyl groups excluding tert-OH is 1. The molecule has 1 saturated heterocycles. The molecule has 0 aliphatic carbocycles. The smallest absolute Gasteiger partial charge is 0.159 e. The summed E-state index contributed by atoms with van der Waals surface area (Å²) in [7, 11) is 2.07. The van der Waals surface area contributed by atoms with Crippen LogP contribution in [0.25, 0.3) is 0 Å². The Balaban J connectivity index is 2.23. The second kappa shape index (κ2) is 3.47. The molecule has 1 atom stereocenters. The number of hydrogen-bond donors (Lipinski definition) is 1. The van der Waals surface area contributed by atoms with E-state index in [-0.39, 0.29) is 6.61 Å². The number of hydrogen-bond acceptors (Lipinski definition) is 4. The summed E-state index contributed by atoms with van der Waals surface area (Å²) in [6.45, 7) is 1.11. The van der Waals surface area contributed by atoms with Crippen LogP contribution in [0, 0.1) is 0 Å². The monoisotopic (exact) mass is 182 g/mol. The van der Waals surface area contributed by atoms with Gasteiger partial charge in [0.05, 0.1) is 18.8 Å². The maximum Gasteiger partial charge on any atom is 0.159 e. The second-order valence-corrected chi connectivity index (χ2v) is 3.51. The van der Waals surface area contributed by atoms with Crippen molar-refractivity contribution in [2.45, 2.75) is 25.5 Å². The van der Waals surface area contributed by atoms with Crippen LogP contribution in [0.3, 0.4) is 0 Å². The van der Waals surface area contributed by atoms with Gasteiger partial charge < -0.3 is 9.63 Å². The van der Waals surface area contributed by atoms with Gasteiger partial charge in [-0.2, -0.15) is 0 Å². The van der Waals surface area contributed by atoms with E-state index >= 15 is 0 Å². The molecular formula is C9H14N2O2. The third kappa shape index (κ3) is 1.47. The zero-order valence-electron chi connectivity index (χ0n) is 7.73. The summed E-state index contributed by atoms with van der Waals surface area (Å²) in [5, 5.41) is 12.7.